The van der Waals surface area contributed by atoms with Crippen molar-refractivity contribution in [2.24, 2.45) is 0 Å². The first-order valence-electron chi connectivity index (χ1n) is 9.68. The fourth-order valence-corrected chi connectivity index (χ4v) is 2.62. The maximum absolute atomic E-state index is 11.9. The minimum absolute atomic E-state index is 0.00246. The molecular weight excluding hydrogens is 428 g/mol. The SMILES string of the molecule is O=C(/C=C/c1ccc(O)c(O)c1)OCc1ccc(OC(=O)/C=C/c2ccc(O)c(O)c2)cc1. The fraction of sp³-hybridized carbons (Fsp3) is 0.0400. The van der Waals surface area contributed by atoms with Crippen LogP contribution in [-0.2, 0) is 20.9 Å². The lowest BCUT2D eigenvalue weighted by Crippen LogP contribution is -2.04. The van der Waals surface area contributed by atoms with E-state index >= 15 is 0 Å². The number of rotatable bonds is 7. The molecule has 0 aliphatic heterocycles. The molecule has 0 saturated carbocycles. The Bertz CT molecular complexity index is 1210. The van der Waals surface area contributed by atoms with Gasteiger partial charge in [0.05, 0.1) is 0 Å². The van der Waals surface area contributed by atoms with Gasteiger partial charge >= 0.3 is 11.9 Å². The van der Waals surface area contributed by atoms with Crippen LogP contribution in [0.15, 0.2) is 72.8 Å². The zero-order valence-electron chi connectivity index (χ0n) is 17.2. The number of ether oxygens (including phenoxy) is 2. The molecule has 3 aromatic carbocycles. The third kappa shape index (κ3) is 6.90. The van der Waals surface area contributed by atoms with E-state index in [4.69, 9.17) is 9.47 Å². The van der Waals surface area contributed by atoms with E-state index < -0.39 is 11.9 Å². The molecule has 0 saturated heterocycles. The minimum Gasteiger partial charge on any atom is -0.504 e. The molecule has 0 atom stereocenters. The summed E-state index contributed by atoms with van der Waals surface area (Å²) in [6.07, 6.45) is 5.25. The molecule has 33 heavy (non-hydrogen) atoms. The van der Waals surface area contributed by atoms with Crippen LogP contribution >= 0.6 is 0 Å². The molecule has 4 N–H and O–H groups in total. The van der Waals surface area contributed by atoms with Gasteiger partial charge in [0.25, 0.3) is 0 Å². The molecular formula is C25H20O8. The van der Waals surface area contributed by atoms with Gasteiger partial charge in [0.2, 0.25) is 0 Å². The molecule has 0 aromatic heterocycles. The highest BCUT2D eigenvalue weighted by Crippen LogP contribution is 2.26. The third-order valence-electron chi connectivity index (χ3n) is 4.35. The summed E-state index contributed by atoms with van der Waals surface area (Å²) >= 11 is 0. The van der Waals surface area contributed by atoms with Crippen molar-refractivity contribution >= 4 is 24.1 Å². The second kappa shape index (κ2) is 10.5. The summed E-state index contributed by atoms with van der Waals surface area (Å²) in [7, 11) is 0. The monoisotopic (exact) mass is 448 g/mol. The number of phenolic OH excluding ortho intramolecular Hbond substituents is 4. The standard InChI is InChI=1S/C25H20O8/c26-20-9-3-16(13-22(20)28)5-11-24(30)32-15-18-1-7-19(8-2-18)33-25(31)12-6-17-4-10-21(27)23(29)14-17/h1-14,26-29H,15H2/b11-5+,12-6+. The highest BCUT2D eigenvalue weighted by molar-refractivity contribution is 5.89. The van der Waals surface area contributed by atoms with Gasteiger partial charge in [-0.15, -0.1) is 0 Å². The van der Waals surface area contributed by atoms with Crippen LogP contribution < -0.4 is 4.74 Å². The summed E-state index contributed by atoms with van der Waals surface area (Å²) in [5.41, 5.74) is 1.70. The number of carbonyl (C=O) groups excluding carboxylic acids is 2. The van der Waals surface area contributed by atoms with Crippen LogP contribution in [0.25, 0.3) is 12.2 Å². The summed E-state index contributed by atoms with van der Waals surface area (Å²) in [4.78, 5) is 23.8. The van der Waals surface area contributed by atoms with Gasteiger partial charge in [0, 0.05) is 12.2 Å². The number of hydrogen-bond acceptors (Lipinski definition) is 8. The van der Waals surface area contributed by atoms with E-state index in [0.29, 0.717) is 22.4 Å². The predicted molar refractivity (Wildman–Crippen MR) is 119 cm³/mol. The van der Waals surface area contributed by atoms with Gasteiger partial charge < -0.3 is 29.9 Å². The highest BCUT2D eigenvalue weighted by Gasteiger charge is 2.04. The van der Waals surface area contributed by atoms with Crippen molar-refractivity contribution < 1.29 is 39.5 Å². The smallest absolute Gasteiger partial charge is 0.336 e. The Morgan fingerprint density at radius 3 is 1.70 bits per heavy atom. The third-order valence-corrected chi connectivity index (χ3v) is 4.35. The maximum atomic E-state index is 11.9. The molecule has 8 nitrogen and oxygen atoms in total. The zero-order chi connectivity index (χ0) is 23.8. The average molecular weight is 448 g/mol. The normalized spacial score (nSPS) is 11.0. The first kappa shape index (κ1) is 23.0. The fourth-order valence-electron chi connectivity index (χ4n) is 2.62. The van der Waals surface area contributed by atoms with Gasteiger partial charge in [-0.3, -0.25) is 0 Å². The maximum Gasteiger partial charge on any atom is 0.336 e. The van der Waals surface area contributed by atoms with Crippen LogP contribution in [0.5, 0.6) is 28.7 Å². The van der Waals surface area contributed by atoms with Gasteiger partial charge in [0.15, 0.2) is 23.0 Å². The molecule has 168 valence electrons. The van der Waals surface area contributed by atoms with Gasteiger partial charge in [0.1, 0.15) is 12.4 Å². The molecule has 0 unspecified atom stereocenters. The summed E-state index contributed by atoms with van der Waals surface area (Å²) in [6.45, 7) is 0.00246. The molecule has 0 aliphatic rings. The number of carbonyl (C=O) groups is 2. The Hall–Kier alpha value is -4.72. The number of hydrogen-bond donors (Lipinski definition) is 4. The summed E-state index contributed by atoms with van der Waals surface area (Å²) in [5, 5.41) is 37.5. The van der Waals surface area contributed by atoms with Crippen LogP contribution in [-0.4, -0.2) is 32.4 Å². The second-order valence-corrected chi connectivity index (χ2v) is 6.84. The molecule has 0 amide bonds. The summed E-state index contributed by atoms with van der Waals surface area (Å²) < 4.78 is 10.3. The van der Waals surface area contributed by atoms with Crippen LogP contribution in [0.2, 0.25) is 0 Å². The van der Waals surface area contributed by atoms with E-state index in [0.717, 1.165) is 0 Å². The molecule has 0 radical (unpaired) electrons. The van der Waals surface area contributed by atoms with E-state index in [1.54, 1.807) is 24.3 Å². The molecule has 0 spiro atoms. The molecule has 8 heteroatoms. The highest BCUT2D eigenvalue weighted by atomic mass is 16.5. The molecule has 3 aromatic rings. The summed E-state index contributed by atoms with van der Waals surface area (Å²) in [5.74, 6) is -2.03. The van der Waals surface area contributed by atoms with Crippen molar-refractivity contribution in [2.45, 2.75) is 6.61 Å². The Labute approximate surface area is 188 Å². The largest absolute Gasteiger partial charge is 0.504 e. The first-order chi connectivity index (χ1) is 15.8. The van der Waals surface area contributed by atoms with Crippen molar-refractivity contribution in [3.05, 3.63) is 89.5 Å². The lowest BCUT2D eigenvalue weighted by atomic mass is 10.2. The van der Waals surface area contributed by atoms with Crippen LogP contribution in [0.1, 0.15) is 16.7 Å². The predicted octanol–water partition coefficient (Wildman–Crippen LogP) is 3.88. The van der Waals surface area contributed by atoms with E-state index in [1.165, 1.54) is 60.7 Å². The van der Waals surface area contributed by atoms with Crippen molar-refractivity contribution in [3.63, 3.8) is 0 Å². The molecule has 3 rings (SSSR count). The quantitative estimate of drug-likeness (QED) is 0.185. The topological polar surface area (TPSA) is 134 Å². The number of benzene rings is 3. The Morgan fingerprint density at radius 1 is 0.667 bits per heavy atom. The van der Waals surface area contributed by atoms with Crippen molar-refractivity contribution in [1.82, 2.24) is 0 Å². The van der Waals surface area contributed by atoms with E-state index in [-0.39, 0.29) is 29.6 Å². The second-order valence-electron chi connectivity index (χ2n) is 6.84. The van der Waals surface area contributed by atoms with Gasteiger partial charge in [-0.25, -0.2) is 9.59 Å². The van der Waals surface area contributed by atoms with Crippen LogP contribution in [0, 0.1) is 0 Å². The number of aromatic hydroxyl groups is 4. The molecule has 0 aliphatic carbocycles. The van der Waals surface area contributed by atoms with E-state index in [9.17, 15) is 30.0 Å². The minimum atomic E-state index is -0.632. The molecule has 0 heterocycles. The van der Waals surface area contributed by atoms with Gasteiger partial charge in [-0.1, -0.05) is 24.3 Å². The van der Waals surface area contributed by atoms with Gasteiger partial charge in [-0.05, 0) is 65.2 Å². The average Bonchev–Trinajstić information content (AvgIpc) is 2.80. The van der Waals surface area contributed by atoms with Crippen LogP contribution in [0.3, 0.4) is 0 Å². The number of phenols is 4. The van der Waals surface area contributed by atoms with Crippen molar-refractivity contribution in [2.75, 3.05) is 0 Å². The molecule has 0 fully saturated rings. The lowest BCUT2D eigenvalue weighted by Gasteiger charge is -2.05. The van der Waals surface area contributed by atoms with Crippen molar-refractivity contribution in [3.8, 4) is 28.7 Å². The van der Waals surface area contributed by atoms with E-state index in [2.05, 4.69) is 0 Å². The van der Waals surface area contributed by atoms with Gasteiger partial charge in [-0.2, -0.15) is 0 Å². The first-order valence-corrected chi connectivity index (χ1v) is 9.68. The molecule has 0 bridgehead atoms. The van der Waals surface area contributed by atoms with E-state index in [1.807, 2.05) is 0 Å². The Balaban J connectivity index is 1.48. The Kier molecular flexibility index (Phi) is 7.33. The Morgan fingerprint density at radius 2 is 1.18 bits per heavy atom. The number of esters is 2. The lowest BCUT2D eigenvalue weighted by molar-refractivity contribution is -0.138. The summed E-state index contributed by atoms with van der Waals surface area (Å²) in [6, 6.07) is 14.7. The van der Waals surface area contributed by atoms with Crippen LogP contribution in [0.4, 0.5) is 0 Å². The van der Waals surface area contributed by atoms with Crippen molar-refractivity contribution in [1.29, 1.82) is 0 Å². The zero-order valence-corrected chi connectivity index (χ0v) is 17.2.